The van der Waals surface area contributed by atoms with E-state index >= 15 is 0 Å². The number of piperidine rings is 1. The number of hydrogen-bond acceptors (Lipinski definition) is 2. The third-order valence-corrected chi connectivity index (χ3v) is 3.50. The maximum absolute atomic E-state index is 12.4. The zero-order chi connectivity index (χ0) is 13.9. The van der Waals surface area contributed by atoms with Crippen LogP contribution in [-0.4, -0.2) is 31.1 Å². The van der Waals surface area contributed by atoms with Crippen molar-refractivity contribution in [1.29, 1.82) is 0 Å². The van der Waals surface area contributed by atoms with Crippen LogP contribution in [0.15, 0.2) is 24.3 Å². The van der Waals surface area contributed by atoms with Crippen LogP contribution < -0.4 is 5.32 Å². The lowest BCUT2D eigenvalue weighted by molar-refractivity contribution is -0.137. The molecule has 1 saturated heterocycles. The highest BCUT2D eigenvalue weighted by molar-refractivity contribution is 5.24. The lowest BCUT2D eigenvalue weighted by atomic mass is 10.1. The van der Waals surface area contributed by atoms with Crippen LogP contribution in [0.3, 0.4) is 0 Å². The molecule has 1 unspecified atom stereocenters. The van der Waals surface area contributed by atoms with Gasteiger partial charge in [0.1, 0.15) is 0 Å². The van der Waals surface area contributed by atoms with E-state index in [4.69, 9.17) is 0 Å². The predicted molar refractivity (Wildman–Crippen MR) is 68.8 cm³/mol. The Morgan fingerprint density at radius 3 is 2.53 bits per heavy atom. The molecule has 106 valence electrons. The average Bonchev–Trinajstić information content (AvgIpc) is 2.36. The first-order valence-electron chi connectivity index (χ1n) is 6.53. The smallest absolute Gasteiger partial charge is 0.309 e. The maximum Gasteiger partial charge on any atom is 0.416 e. The summed E-state index contributed by atoms with van der Waals surface area (Å²) in [5, 5.41) is 3.40. The summed E-state index contributed by atoms with van der Waals surface area (Å²) in [4.78, 5) is 2.27. The summed E-state index contributed by atoms with van der Waals surface area (Å²) in [6.07, 6.45) is -1.95. The second-order valence-electron chi connectivity index (χ2n) is 5.18. The second-order valence-corrected chi connectivity index (χ2v) is 5.18. The van der Waals surface area contributed by atoms with Crippen molar-refractivity contribution in [3.8, 4) is 0 Å². The van der Waals surface area contributed by atoms with Crippen LogP contribution >= 0.6 is 0 Å². The van der Waals surface area contributed by atoms with E-state index in [2.05, 4.69) is 17.3 Å². The highest BCUT2D eigenvalue weighted by Gasteiger charge is 2.29. The molecule has 1 atom stereocenters. The number of alkyl halides is 3. The topological polar surface area (TPSA) is 15.3 Å². The molecule has 1 aliphatic heterocycles. The Bertz CT molecular complexity index is 400. The van der Waals surface area contributed by atoms with Crippen LogP contribution in [0, 0.1) is 0 Å². The number of likely N-dealkylation sites (N-methyl/N-ethyl adjacent to an activating group) is 1. The number of hydrogen-bond donors (Lipinski definition) is 1. The normalized spacial score (nSPS) is 21.6. The fourth-order valence-corrected chi connectivity index (χ4v) is 2.41. The summed E-state index contributed by atoms with van der Waals surface area (Å²) in [5.41, 5.74) is 0.301. The first-order chi connectivity index (χ1) is 8.95. The standard InChI is InChI=1S/C14H19F3N2/c1-19-8-2-3-13(10-19)18-9-11-4-6-12(7-5-11)14(15,16)17/h4-7,13,18H,2-3,8-10H2,1H3. The molecule has 0 amide bonds. The van der Waals surface area contributed by atoms with E-state index in [1.807, 2.05) is 0 Å². The van der Waals surface area contributed by atoms with Crippen molar-refractivity contribution in [3.63, 3.8) is 0 Å². The Morgan fingerprint density at radius 1 is 1.26 bits per heavy atom. The number of nitrogens with one attached hydrogen (secondary N) is 1. The van der Waals surface area contributed by atoms with Crippen molar-refractivity contribution >= 4 is 0 Å². The fourth-order valence-electron chi connectivity index (χ4n) is 2.41. The van der Waals surface area contributed by atoms with Gasteiger partial charge in [0.25, 0.3) is 0 Å². The van der Waals surface area contributed by atoms with E-state index in [1.54, 1.807) is 12.1 Å². The molecule has 0 saturated carbocycles. The minimum atomic E-state index is -4.25. The van der Waals surface area contributed by atoms with Gasteiger partial charge in [-0.3, -0.25) is 0 Å². The minimum Gasteiger partial charge on any atom is -0.309 e. The van der Waals surface area contributed by atoms with Gasteiger partial charge in [0.2, 0.25) is 0 Å². The van der Waals surface area contributed by atoms with Crippen LogP contribution in [0.2, 0.25) is 0 Å². The van der Waals surface area contributed by atoms with Gasteiger partial charge in [-0.2, -0.15) is 13.2 Å². The summed E-state index contributed by atoms with van der Waals surface area (Å²) < 4.78 is 37.3. The van der Waals surface area contributed by atoms with Gasteiger partial charge in [-0.1, -0.05) is 12.1 Å². The number of likely N-dealkylation sites (tertiary alicyclic amines) is 1. The highest BCUT2D eigenvalue weighted by atomic mass is 19.4. The molecule has 1 heterocycles. The predicted octanol–water partition coefficient (Wildman–Crippen LogP) is 2.89. The van der Waals surface area contributed by atoms with Crippen molar-refractivity contribution in [2.24, 2.45) is 0 Å². The fraction of sp³-hybridized carbons (Fsp3) is 0.571. The molecule has 0 bridgehead atoms. The maximum atomic E-state index is 12.4. The summed E-state index contributed by atoms with van der Waals surface area (Å²) in [6, 6.07) is 5.81. The van der Waals surface area contributed by atoms with E-state index in [9.17, 15) is 13.2 Å². The van der Waals surface area contributed by atoms with Crippen LogP contribution in [0.5, 0.6) is 0 Å². The number of benzene rings is 1. The average molecular weight is 272 g/mol. The van der Waals surface area contributed by atoms with E-state index in [1.165, 1.54) is 6.42 Å². The van der Waals surface area contributed by atoms with E-state index < -0.39 is 11.7 Å². The molecular weight excluding hydrogens is 253 g/mol. The Labute approximate surface area is 111 Å². The summed E-state index contributed by atoms with van der Waals surface area (Å²) in [5.74, 6) is 0. The molecule has 0 aliphatic carbocycles. The molecule has 2 rings (SSSR count). The molecule has 5 heteroatoms. The van der Waals surface area contributed by atoms with Gasteiger partial charge >= 0.3 is 6.18 Å². The van der Waals surface area contributed by atoms with E-state index in [0.717, 1.165) is 37.2 Å². The van der Waals surface area contributed by atoms with Crippen LogP contribution in [0.4, 0.5) is 13.2 Å². The van der Waals surface area contributed by atoms with Crippen molar-refractivity contribution in [1.82, 2.24) is 10.2 Å². The van der Waals surface area contributed by atoms with E-state index in [0.29, 0.717) is 12.6 Å². The van der Waals surface area contributed by atoms with Gasteiger partial charge in [-0.25, -0.2) is 0 Å². The Hall–Kier alpha value is -1.07. The summed E-state index contributed by atoms with van der Waals surface area (Å²) >= 11 is 0. The van der Waals surface area contributed by atoms with Crippen molar-refractivity contribution in [3.05, 3.63) is 35.4 Å². The van der Waals surface area contributed by atoms with Crippen LogP contribution in [-0.2, 0) is 12.7 Å². The lowest BCUT2D eigenvalue weighted by Crippen LogP contribution is -2.43. The van der Waals surface area contributed by atoms with Crippen molar-refractivity contribution in [2.75, 3.05) is 20.1 Å². The molecule has 0 radical (unpaired) electrons. The van der Waals surface area contributed by atoms with Crippen LogP contribution in [0.25, 0.3) is 0 Å². The molecule has 1 aromatic rings. The van der Waals surface area contributed by atoms with Gasteiger partial charge in [0.05, 0.1) is 5.56 Å². The molecule has 1 N–H and O–H groups in total. The molecule has 2 nitrogen and oxygen atoms in total. The third-order valence-electron chi connectivity index (χ3n) is 3.50. The largest absolute Gasteiger partial charge is 0.416 e. The number of halogens is 3. The molecule has 19 heavy (non-hydrogen) atoms. The van der Waals surface area contributed by atoms with Gasteiger partial charge in [-0.05, 0) is 44.1 Å². The van der Waals surface area contributed by atoms with Gasteiger partial charge in [-0.15, -0.1) is 0 Å². The Kier molecular flexibility index (Phi) is 4.47. The molecule has 1 fully saturated rings. The monoisotopic (exact) mass is 272 g/mol. The van der Waals surface area contributed by atoms with Crippen LogP contribution in [0.1, 0.15) is 24.0 Å². The first kappa shape index (κ1) is 14.3. The van der Waals surface area contributed by atoms with E-state index in [-0.39, 0.29) is 0 Å². The van der Waals surface area contributed by atoms with Gasteiger partial charge in [0.15, 0.2) is 0 Å². The number of nitrogens with zero attached hydrogens (tertiary/aromatic N) is 1. The molecular formula is C14H19F3N2. The first-order valence-corrected chi connectivity index (χ1v) is 6.53. The van der Waals surface area contributed by atoms with Crippen molar-refractivity contribution in [2.45, 2.75) is 31.6 Å². The molecule has 0 spiro atoms. The molecule has 1 aliphatic rings. The lowest BCUT2D eigenvalue weighted by Gasteiger charge is -2.30. The molecule has 1 aromatic carbocycles. The highest BCUT2D eigenvalue weighted by Crippen LogP contribution is 2.29. The van der Waals surface area contributed by atoms with Gasteiger partial charge in [0, 0.05) is 19.1 Å². The third kappa shape index (κ3) is 4.21. The minimum absolute atomic E-state index is 0.432. The second kappa shape index (κ2) is 5.92. The SMILES string of the molecule is CN1CCCC(NCc2ccc(C(F)(F)F)cc2)C1. The quantitative estimate of drug-likeness (QED) is 0.910. The summed E-state index contributed by atoms with van der Waals surface area (Å²) in [6.45, 7) is 2.75. The Morgan fingerprint density at radius 2 is 1.95 bits per heavy atom. The summed E-state index contributed by atoms with van der Waals surface area (Å²) in [7, 11) is 2.09. The zero-order valence-electron chi connectivity index (χ0n) is 11.0. The number of rotatable bonds is 3. The van der Waals surface area contributed by atoms with Crippen molar-refractivity contribution < 1.29 is 13.2 Å². The molecule has 0 aromatic heterocycles. The Balaban J connectivity index is 1.86. The van der Waals surface area contributed by atoms with Gasteiger partial charge < -0.3 is 10.2 Å². The zero-order valence-corrected chi connectivity index (χ0v) is 11.0.